The van der Waals surface area contributed by atoms with Crippen LogP contribution < -0.4 is 0 Å². The zero-order chi connectivity index (χ0) is 14.2. The Hall–Kier alpha value is -2.61. The first kappa shape index (κ1) is 12.2. The van der Waals surface area contributed by atoms with Crippen molar-refractivity contribution in [2.45, 2.75) is 13.5 Å². The molecule has 2 heteroatoms. The van der Waals surface area contributed by atoms with Crippen molar-refractivity contribution in [1.29, 1.82) is 0 Å². The van der Waals surface area contributed by atoms with Gasteiger partial charge >= 0.3 is 0 Å². The van der Waals surface area contributed by atoms with Gasteiger partial charge in [-0.3, -0.25) is 4.98 Å². The second kappa shape index (κ2) is 4.74. The Labute approximate surface area is 123 Å². The lowest BCUT2D eigenvalue weighted by molar-refractivity contribution is 0.825. The molecular weight excluding hydrogens is 256 g/mol. The Morgan fingerprint density at radius 1 is 0.857 bits per heavy atom. The van der Waals surface area contributed by atoms with Crippen molar-refractivity contribution in [3.63, 3.8) is 0 Å². The highest BCUT2D eigenvalue weighted by molar-refractivity contribution is 6.08. The van der Waals surface area contributed by atoms with Gasteiger partial charge in [0.2, 0.25) is 0 Å². The molecule has 0 radical (unpaired) electrons. The van der Waals surface area contributed by atoms with E-state index in [2.05, 4.69) is 71.1 Å². The SMILES string of the molecule is CCn1c2ccccc2c2cc(-c3ccccc3)ncc21. The summed E-state index contributed by atoms with van der Waals surface area (Å²) >= 11 is 0. The van der Waals surface area contributed by atoms with Gasteiger partial charge in [0.05, 0.1) is 17.4 Å². The molecule has 0 aliphatic carbocycles. The summed E-state index contributed by atoms with van der Waals surface area (Å²) in [6, 6.07) is 21.1. The number of hydrogen-bond acceptors (Lipinski definition) is 1. The van der Waals surface area contributed by atoms with Crippen molar-refractivity contribution in [3.8, 4) is 11.3 Å². The average Bonchev–Trinajstić information content (AvgIpc) is 2.88. The molecule has 21 heavy (non-hydrogen) atoms. The molecule has 0 fully saturated rings. The van der Waals surface area contributed by atoms with Crippen molar-refractivity contribution in [2.24, 2.45) is 0 Å². The fraction of sp³-hybridized carbons (Fsp3) is 0.105. The number of aryl methyl sites for hydroxylation is 1. The summed E-state index contributed by atoms with van der Waals surface area (Å²) < 4.78 is 2.33. The molecule has 2 aromatic carbocycles. The first-order chi connectivity index (χ1) is 10.4. The highest BCUT2D eigenvalue weighted by Gasteiger charge is 2.10. The zero-order valence-corrected chi connectivity index (χ0v) is 12.0. The molecular formula is C19H16N2. The highest BCUT2D eigenvalue weighted by Crippen LogP contribution is 2.31. The van der Waals surface area contributed by atoms with E-state index in [-0.39, 0.29) is 0 Å². The molecule has 0 atom stereocenters. The number of para-hydroxylation sites is 1. The molecule has 0 bridgehead atoms. The molecule has 0 unspecified atom stereocenters. The van der Waals surface area contributed by atoms with Crippen LogP contribution in [-0.2, 0) is 6.54 Å². The van der Waals surface area contributed by atoms with Gasteiger partial charge in [0, 0.05) is 28.4 Å². The Bertz CT molecular complexity index is 920. The maximum Gasteiger partial charge on any atom is 0.0709 e. The van der Waals surface area contributed by atoms with E-state index in [0.717, 1.165) is 17.8 Å². The van der Waals surface area contributed by atoms with E-state index in [1.165, 1.54) is 21.8 Å². The summed E-state index contributed by atoms with van der Waals surface area (Å²) in [5, 5.41) is 2.58. The van der Waals surface area contributed by atoms with Crippen LogP contribution >= 0.6 is 0 Å². The number of benzene rings is 2. The molecule has 102 valence electrons. The first-order valence-corrected chi connectivity index (χ1v) is 7.31. The predicted octanol–water partition coefficient (Wildman–Crippen LogP) is 4.88. The minimum absolute atomic E-state index is 0.955. The Morgan fingerprint density at radius 2 is 1.62 bits per heavy atom. The van der Waals surface area contributed by atoms with Gasteiger partial charge in [-0.1, -0.05) is 48.5 Å². The minimum Gasteiger partial charge on any atom is -0.339 e. The van der Waals surface area contributed by atoms with Crippen LogP contribution in [0.2, 0.25) is 0 Å². The number of rotatable bonds is 2. The monoisotopic (exact) mass is 272 g/mol. The fourth-order valence-electron chi connectivity index (χ4n) is 3.05. The summed E-state index contributed by atoms with van der Waals surface area (Å²) in [4.78, 5) is 4.66. The number of fused-ring (bicyclic) bond motifs is 3. The van der Waals surface area contributed by atoms with Crippen LogP contribution in [0.5, 0.6) is 0 Å². The van der Waals surface area contributed by atoms with Gasteiger partial charge in [0.25, 0.3) is 0 Å². The van der Waals surface area contributed by atoms with Gasteiger partial charge in [-0.2, -0.15) is 0 Å². The van der Waals surface area contributed by atoms with Gasteiger partial charge < -0.3 is 4.57 Å². The van der Waals surface area contributed by atoms with Crippen LogP contribution in [0.15, 0.2) is 66.9 Å². The van der Waals surface area contributed by atoms with Gasteiger partial charge in [0.15, 0.2) is 0 Å². The molecule has 0 saturated heterocycles. The fourth-order valence-corrected chi connectivity index (χ4v) is 3.05. The number of nitrogens with zero attached hydrogens (tertiary/aromatic N) is 2. The van der Waals surface area contributed by atoms with Crippen LogP contribution in [0, 0.1) is 0 Å². The topological polar surface area (TPSA) is 17.8 Å². The zero-order valence-electron chi connectivity index (χ0n) is 12.0. The van der Waals surface area contributed by atoms with Crippen LogP contribution in [0.1, 0.15) is 6.92 Å². The molecule has 2 heterocycles. The van der Waals surface area contributed by atoms with E-state index < -0.39 is 0 Å². The van der Waals surface area contributed by atoms with Gasteiger partial charge in [-0.05, 0) is 19.1 Å². The molecule has 4 rings (SSSR count). The number of aromatic nitrogens is 2. The quantitative estimate of drug-likeness (QED) is 0.508. The molecule has 0 amide bonds. The second-order valence-corrected chi connectivity index (χ2v) is 5.21. The lowest BCUT2D eigenvalue weighted by Gasteiger charge is -2.04. The lowest BCUT2D eigenvalue weighted by Crippen LogP contribution is -1.93. The van der Waals surface area contributed by atoms with E-state index in [9.17, 15) is 0 Å². The molecule has 0 aliphatic rings. The maximum atomic E-state index is 4.66. The minimum atomic E-state index is 0.955. The third kappa shape index (κ3) is 1.83. The van der Waals surface area contributed by atoms with Crippen molar-refractivity contribution in [2.75, 3.05) is 0 Å². The predicted molar refractivity (Wildman–Crippen MR) is 88.3 cm³/mol. The number of pyridine rings is 1. The highest BCUT2D eigenvalue weighted by atomic mass is 15.0. The van der Waals surface area contributed by atoms with E-state index >= 15 is 0 Å². The smallest absolute Gasteiger partial charge is 0.0709 e. The molecule has 0 saturated carbocycles. The standard InChI is InChI=1S/C19H16N2/c1-2-21-18-11-7-6-10-15(18)16-12-17(20-13-19(16)21)14-8-4-3-5-9-14/h3-13H,2H2,1H3. The lowest BCUT2D eigenvalue weighted by atomic mass is 10.1. The Balaban J connectivity index is 2.06. The van der Waals surface area contributed by atoms with Crippen LogP contribution in [-0.4, -0.2) is 9.55 Å². The summed E-state index contributed by atoms with van der Waals surface area (Å²) in [5.41, 5.74) is 4.68. The molecule has 0 N–H and O–H groups in total. The average molecular weight is 272 g/mol. The third-order valence-electron chi connectivity index (χ3n) is 4.04. The normalized spacial score (nSPS) is 11.3. The first-order valence-electron chi connectivity index (χ1n) is 7.31. The van der Waals surface area contributed by atoms with E-state index in [1.807, 2.05) is 12.3 Å². The second-order valence-electron chi connectivity index (χ2n) is 5.21. The van der Waals surface area contributed by atoms with E-state index in [4.69, 9.17) is 0 Å². The summed E-state index contributed by atoms with van der Waals surface area (Å²) in [7, 11) is 0. The van der Waals surface area contributed by atoms with Crippen LogP contribution in [0.3, 0.4) is 0 Å². The van der Waals surface area contributed by atoms with Gasteiger partial charge in [-0.15, -0.1) is 0 Å². The Kier molecular flexibility index (Phi) is 2.74. The summed E-state index contributed by atoms with van der Waals surface area (Å²) in [6.45, 7) is 3.13. The summed E-state index contributed by atoms with van der Waals surface area (Å²) in [6.07, 6.45) is 2.00. The maximum absolute atomic E-state index is 4.66. The van der Waals surface area contributed by atoms with Gasteiger partial charge in [0.1, 0.15) is 0 Å². The largest absolute Gasteiger partial charge is 0.339 e. The molecule has 0 spiro atoms. The molecule has 0 aliphatic heterocycles. The van der Waals surface area contributed by atoms with E-state index in [0.29, 0.717) is 0 Å². The van der Waals surface area contributed by atoms with Crippen molar-refractivity contribution >= 4 is 21.8 Å². The van der Waals surface area contributed by atoms with Crippen molar-refractivity contribution in [1.82, 2.24) is 9.55 Å². The van der Waals surface area contributed by atoms with E-state index in [1.54, 1.807) is 0 Å². The van der Waals surface area contributed by atoms with Crippen LogP contribution in [0.25, 0.3) is 33.1 Å². The summed E-state index contributed by atoms with van der Waals surface area (Å²) in [5.74, 6) is 0. The van der Waals surface area contributed by atoms with Crippen molar-refractivity contribution in [3.05, 3.63) is 66.9 Å². The van der Waals surface area contributed by atoms with Gasteiger partial charge in [-0.25, -0.2) is 0 Å². The number of hydrogen-bond donors (Lipinski definition) is 0. The molecule has 4 aromatic rings. The molecule has 2 nitrogen and oxygen atoms in total. The Morgan fingerprint density at radius 3 is 2.43 bits per heavy atom. The third-order valence-corrected chi connectivity index (χ3v) is 4.04. The van der Waals surface area contributed by atoms with Crippen molar-refractivity contribution < 1.29 is 0 Å². The molecule has 2 aromatic heterocycles. The van der Waals surface area contributed by atoms with Crippen LogP contribution in [0.4, 0.5) is 0 Å².